The highest BCUT2D eigenvalue weighted by Crippen LogP contribution is 2.29. The van der Waals surface area contributed by atoms with Gasteiger partial charge in [0, 0.05) is 13.6 Å². The molecule has 0 aliphatic heterocycles. The second-order valence-electron chi connectivity index (χ2n) is 4.22. The van der Waals surface area contributed by atoms with Crippen molar-refractivity contribution in [1.82, 2.24) is 10.2 Å². The molecule has 19 heavy (non-hydrogen) atoms. The Morgan fingerprint density at radius 1 is 1.26 bits per heavy atom. The van der Waals surface area contributed by atoms with Crippen molar-refractivity contribution in [2.75, 3.05) is 20.1 Å². The van der Waals surface area contributed by atoms with E-state index in [1.807, 2.05) is 6.92 Å². The van der Waals surface area contributed by atoms with Crippen LogP contribution < -0.4 is 5.32 Å². The first-order valence-electron chi connectivity index (χ1n) is 5.95. The van der Waals surface area contributed by atoms with Crippen LogP contribution >= 0.6 is 0 Å². The molecule has 0 aliphatic rings. The Labute approximate surface area is 110 Å². The molecular formula is C13H17F3N2O. The van der Waals surface area contributed by atoms with E-state index >= 15 is 0 Å². The van der Waals surface area contributed by atoms with Crippen molar-refractivity contribution in [2.24, 2.45) is 0 Å². The normalized spacial score (nSPS) is 11.4. The maximum absolute atomic E-state index is 12.4. The van der Waals surface area contributed by atoms with Gasteiger partial charge in [-0.2, -0.15) is 13.2 Å². The van der Waals surface area contributed by atoms with Crippen LogP contribution in [0.5, 0.6) is 0 Å². The fraction of sp³-hybridized carbons (Fsp3) is 0.462. The maximum atomic E-state index is 12.4. The number of hydrogen-bond acceptors (Lipinski definition) is 2. The van der Waals surface area contributed by atoms with Crippen LogP contribution in [0.4, 0.5) is 13.2 Å². The molecule has 1 amide bonds. The second-order valence-corrected chi connectivity index (χ2v) is 4.22. The number of amides is 1. The van der Waals surface area contributed by atoms with Crippen LogP contribution in [0.3, 0.4) is 0 Å². The quantitative estimate of drug-likeness (QED) is 0.893. The molecule has 0 unspecified atom stereocenters. The van der Waals surface area contributed by atoms with Gasteiger partial charge in [0.15, 0.2) is 0 Å². The average molecular weight is 274 g/mol. The highest BCUT2D eigenvalue weighted by molar-refractivity contribution is 5.77. The first-order valence-corrected chi connectivity index (χ1v) is 5.95. The molecule has 3 nitrogen and oxygen atoms in total. The summed E-state index contributed by atoms with van der Waals surface area (Å²) in [6.45, 7) is 3.11. The third kappa shape index (κ3) is 4.90. The lowest BCUT2D eigenvalue weighted by Crippen LogP contribution is -2.35. The number of carbonyl (C=O) groups excluding carboxylic acids is 1. The lowest BCUT2D eigenvalue weighted by atomic mass is 10.1. The van der Waals surface area contributed by atoms with Crippen LogP contribution in [0.25, 0.3) is 0 Å². The van der Waals surface area contributed by atoms with Gasteiger partial charge in [0.2, 0.25) is 5.91 Å². The van der Waals surface area contributed by atoms with E-state index in [0.717, 1.165) is 12.1 Å². The van der Waals surface area contributed by atoms with Gasteiger partial charge in [-0.15, -0.1) is 0 Å². The topological polar surface area (TPSA) is 32.3 Å². The molecule has 0 saturated carbocycles. The summed E-state index contributed by atoms with van der Waals surface area (Å²) in [5.74, 6) is -0.0956. The minimum absolute atomic E-state index is 0.0956. The van der Waals surface area contributed by atoms with Gasteiger partial charge in [0.25, 0.3) is 0 Å². The number of carbonyl (C=O) groups is 1. The minimum Gasteiger partial charge on any atom is -0.340 e. The highest BCUT2D eigenvalue weighted by atomic mass is 19.4. The summed E-state index contributed by atoms with van der Waals surface area (Å²) in [5.41, 5.74) is -0.0155. The molecule has 106 valence electrons. The van der Waals surface area contributed by atoms with Crippen LogP contribution in [0.1, 0.15) is 18.1 Å². The van der Waals surface area contributed by atoms with Crippen molar-refractivity contribution in [3.05, 3.63) is 35.4 Å². The molecule has 6 heteroatoms. The Balaban J connectivity index is 2.60. The van der Waals surface area contributed by atoms with E-state index in [4.69, 9.17) is 0 Å². The molecule has 1 N–H and O–H groups in total. The molecule has 1 rings (SSSR count). The van der Waals surface area contributed by atoms with Gasteiger partial charge in [-0.1, -0.05) is 19.1 Å². The molecule has 0 heterocycles. The van der Waals surface area contributed by atoms with Crippen LogP contribution in [-0.4, -0.2) is 30.9 Å². The molecule has 1 aromatic rings. The average Bonchev–Trinajstić information content (AvgIpc) is 2.35. The zero-order chi connectivity index (χ0) is 14.5. The third-order valence-corrected chi connectivity index (χ3v) is 2.65. The summed E-state index contributed by atoms with van der Waals surface area (Å²) in [6.07, 6.45) is -4.33. The number of benzene rings is 1. The van der Waals surface area contributed by atoms with E-state index in [1.165, 1.54) is 17.0 Å². The van der Waals surface area contributed by atoms with E-state index in [2.05, 4.69) is 5.32 Å². The number of nitrogens with one attached hydrogen (secondary N) is 1. The Morgan fingerprint density at radius 3 is 2.32 bits per heavy atom. The van der Waals surface area contributed by atoms with E-state index in [9.17, 15) is 18.0 Å². The number of hydrogen-bond donors (Lipinski definition) is 1. The van der Waals surface area contributed by atoms with Crippen molar-refractivity contribution >= 4 is 5.91 Å². The van der Waals surface area contributed by atoms with Crippen molar-refractivity contribution in [1.29, 1.82) is 0 Å². The summed E-state index contributed by atoms with van der Waals surface area (Å²) in [4.78, 5) is 13.1. The molecule has 0 fully saturated rings. The predicted octanol–water partition coefficient (Wildman–Crippen LogP) is 2.27. The molecular weight excluding hydrogens is 257 g/mol. The van der Waals surface area contributed by atoms with Gasteiger partial charge in [-0.05, 0) is 24.2 Å². The SMILES string of the molecule is CCNCC(=O)N(C)Cc1ccc(C(F)(F)F)cc1. The van der Waals surface area contributed by atoms with Crippen molar-refractivity contribution in [3.8, 4) is 0 Å². The van der Waals surface area contributed by atoms with Gasteiger partial charge >= 0.3 is 6.18 Å². The fourth-order valence-corrected chi connectivity index (χ4v) is 1.53. The van der Waals surface area contributed by atoms with E-state index in [1.54, 1.807) is 7.05 Å². The molecule has 0 spiro atoms. The standard InChI is InChI=1S/C13H17F3N2O/c1-3-17-8-12(19)18(2)9-10-4-6-11(7-5-10)13(14,15)16/h4-7,17H,3,8-9H2,1-2H3. The number of likely N-dealkylation sites (N-methyl/N-ethyl adjacent to an activating group) is 2. The molecule has 0 radical (unpaired) electrons. The highest BCUT2D eigenvalue weighted by Gasteiger charge is 2.29. The molecule has 0 aliphatic carbocycles. The fourth-order valence-electron chi connectivity index (χ4n) is 1.53. The van der Waals surface area contributed by atoms with Crippen LogP contribution in [0, 0.1) is 0 Å². The number of rotatable bonds is 5. The van der Waals surface area contributed by atoms with Gasteiger partial charge in [-0.3, -0.25) is 4.79 Å². The van der Waals surface area contributed by atoms with E-state index in [0.29, 0.717) is 18.7 Å². The lowest BCUT2D eigenvalue weighted by Gasteiger charge is -2.17. The molecule has 0 atom stereocenters. The molecule has 1 aromatic carbocycles. The van der Waals surface area contributed by atoms with E-state index in [-0.39, 0.29) is 12.5 Å². The largest absolute Gasteiger partial charge is 0.416 e. The summed E-state index contributed by atoms with van der Waals surface area (Å²) < 4.78 is 37.1. The summed E-state index contributed by atoms with van der Waals surface area (Å²) in [5, 5.41) is 2.90. The summed E-state index contributed by atoms with van der Waals surface area (Å²) in [6, 6.07) is 4.83. The first kappa shape index (κ1) is 15.5. The molecule has 0 aromatic heterocycles. The van der Waals surface area contributed by atoms with Crippen molar-refractivity contribution < 1.29 is 18.0 Å². The summed E-state index contributed by atoms with van der Waals surface area (Å²) in [7, 11) is 1.62. The lowest BCUT2D eigenvalue weighted by molar-refractivity contribution is -0.137. The Kier molecular flexibility index (Phi) is 5.35. The van der Waals surface area contributed by atoms with Gasteiger partial charge in [0.05, 0.1) is 12.1 Å². The smallest absolute Gasteiger partial charge is 0.340 e. The maximum Gasteiger partial charge on any atom is 0.416 e. The van der Waals surface area contributed by atoms with Gasteiger partial charge in [-0.25, -0.2) is 0 Å². The number of nitrogens with zero attached hydrogens (tertiary/aromatic N) is 1. The number of alkyl halides is 3. The third-order valence-electron chi connectivity index (χ3n) is 2.65. The number of halogens is 3. The zero-order valence-corrected chi connectivity index (χ0v) is 10.9. The first-order chi connectivity index (χ1) is 8.84. The predicted molar refractivity (Wildman–Crippen MR) is 66.5 cm³/mol. The Hall–Kier alpha value is -1.56. The Bertz CT molecular complexity index is 415. The zero-order valence-electron chi connectivity index (χ0n) is 10.9. The van der Waals surface area contributed by atoms with Gasteiger partial charge in [0.1, 0.15) is 0 Å². The van der Waals surface area contributed by atoms with Crippen molar-refractivity contribution in [2.45, 2.75) is 19.6 Å². The van der Waals surface area contributed by atoms with Crippen LogP contribution in [-0.2, 0) is 17.5 Å². The van der Waals surface area contributed by atoms with Crippen molar-refractivity contribution in [3.63, 3.8) is 0 Å². The molecule has 0 bridgehead atoms. The Morgan fingerprint density at radius 2 is 1.84 bits per heavy atom. The minimum atomic E-state index is -4.33. The van der Waals surface area contributed by atoms with Crippen LogP contribution in [0.15, 0.2) is 24.3 Å². The monoisotopic (exact) mass is 274 g/mol. The summed E-state index contributed by atoms with van der Waals surface area (Å²) >= 11 is 0. The second kappa shape index (κ2) is 6.56. The van der Waals surface area contributed by atoms with Gasteiger partial charge < -0.3 is 10.2 Å². The molecule has 0 saturated heterocycles. The van der Waals surface area contributed by atoms with Crippen LogP contribution in [0.2, 0.25) is 0 Å². The van der Waals surface area contributed by atoms with E-state index < -0.39 is 11.7 Å².